The Labute approximate surface area is 107 Å². The number of carbonyl (C=O) groups excluding carboxylic acids is 1. The van der Waals surface area contributed by atoms with Crippen molar-refractivity contribution in [3.63, 3.8) is 0 Å². The molecule has 1 atom stereocenters. The summed E-state index contributed by atoms with van der Waals surface area (Å²) in [6.07, 6.45) is 7.37. The largest absolute Gasteiger partial charge is 0.391 e. The van der Waals surface area contributed by atoms with Crippen LogP contribution in [0.1, 0.15) is 41.6 Å². The number of aryl methyl sites for hydroxylation is 1. The maximum Gasteiger partial charge on any atom is 0.252 e. The van der Waals surface area contributed by atoms with Crippen LogP contribution in [0.25, 0.3) is 0 Å². The Bertz CT molecular complexity index is 414. The van der Waals surface area contributed by atoms with Gasteiger partial charge in [0.15, 0.2) is 0 Å². The van der Waals surface area contributed by atoms with E-state index >= 15 is 0 Å². The van der Waals surface area contributed by atoms with Gasteiger partial charge in [-0.2, -0.15) is 0 Å². The number of carbonyl (C=O) groups is 1. The van der Waals surface area contributed by atoms with E-state index < -0.39 is 6.10 Å². The standard InChI is InChI=1S/C14H20N2O2/c1-10-6-12(8-15-7-10)14(18)16-9-13(17)11-4-2-3-5-11/h6-8,11,13,17H,2-5,9H2,1H3,(H,16,18). The summed E-state index contributed by atoms with van der Waals surface area (Å²) < 4.78 is 0. The summed E-state index contributed by atoms with van der Waals surface area (Å²) in [7, 11) is 0. The third kappa shape index (κ3) is 3.29. The Morgan fingerprint density at radius 1 is 1.50 bits per heavy atom. The van der Waals surface area contributed by atoms with E-state index in [1.807, 2.05) is 6.92 Å². The molecule has 0 spiro atoms. The van der Waals surface area contributed by atoms with Crippen LogP contribution in [0.4, 0.5) is 0 Å². The molecule has 4 heteroatoms. The number of aromatic nitrogens is 1. The molecule has 18 heavy (non-hydrogen) atoms. The number of nitrogens with zero attached hydrogens (tertiary/aromatic N) is 1. The molecule has 1 unspecified atom stereocenters. The number of pyridine rings is 1. The van der Waals surface area contributed by atoms with Crippen molar-refractivity contribution in [3.05, 3.63) is 29.6 Å². The monoisotopic (exact) mass is 248 g/mol. The summed E-state index contributed by atoms with van der Waals surface area (Å²) in [5.74, 6) is 0.184. The number of amides is 1. The molecule has 0 aliphatic heterocycles. The summed E-state index contributed by atoms with van der Waals surface area (Å²) in [6, 6.07) is 1.80. The summed E-state index contributed by atoms with van der Waals surface area (Å²) >= 11 is 0. The van der Waals surface area contributed by atoms with E-state index in [0.717, 1.165) is 18.4 Å². The Balaban J connectivity index is 1.84. The zero-order valence-corrected chi connectivity index (χ0v) is 10.7. The topological polar surface area (TPSA) is 62.2 Å². The summed E-state index contributed by atoms with van der Waals surface area (Å²) in [5.41, 5.74) is 1.51. The number of nitrogens with one attached hydrogen (secondary N) is 1. The second kappa shape index (κ2) is 5.96. The summed E-state index contributed by atoms with van der Waals surface area (Å²) in [6.45, 7) is 2.23. The van der Waals surface area contributed by atoms with E-state index in [0.29, 0.717) is 18.0 Å². The minimum atomic E-state index is -0.422. The smallest absolute Gasteiger partial charge is 0.252 e. The summed E-state index contributed by atoms with van der Waals surface area (Å²) in [4.78, 5) is 15.8. The first kappa shape index (κ1) is 13.0. The SMILES string of the molecule is Cc1cncc(C(=O)NCC(O)C2CCCC2)c1. The molecule has 0 aromatic carbocycles. The van der Waals surface area contributed by atoms with Crippen molar-refractivity contribution in [2.45, 2.75) is 38.7 Å². The molecule has 0 saturated heterocycles. The van der Waals surface area contributed by atoms with E-state index in [2.05, 4.69) is 10.3 Å². The Hall–Kier alpha value is -1.42. The van der Waals surface area contributed by atoms with Gasteiger partial charge in [-0.1, -0.05) is 12.8 Å². The van der Waals surface area contributed by atoms with Gasteiger partial charge in [-0.05, 0) is 37.3 Å². The van der Waals surface area contributed by atoms with Gasteiger partial charge in [-0.3, -0.25) is 9.78 Å². The summed E-state index contributed by atoms with van der Waals surface area (Å²) in [5, 5.41) is 12.7. The average Bonchev–Trinajstić information content (AvgIpc) is 2.89. The van der Waals surface area contributed by atoms with E-state index in [1.165, 1.54) is 12.8 Å². The number of rotatable bonds is 4. The molecule has 1 saturated carbocycles. The van der Waals surface area contributed by atoms with Crippen molar-refractivity contribution in [1.29, 1.82) is 0 Å². The second-order valence-corrected chi connectivity index (χ2v) is 5.07. The van der Waals surface area contributed by atoms with Crippen LogP contribution in [0, 0.1) is 12.8 Å². The van der Waals surface area contributed by atoms with Crippen LogP contribution in [-0.2, 0) is 0 Å². The van der Waals surface area contributed by atoms with Crippen molar-refractivity contribution < 1.29 is 9.90 Å². The highest BCUT2D eigenvalue weighted by Gasteiger charge is 2.23. The van der Waals surface area contributed by atoms with Gasteiger partial charge in [0.1, 0.15) is 0 Å². The number of aliphatic hydroxyl groups excluding tert-OH is 1. The second-order valence-electron chi connectivity index (χ2n) is 5.07. The third-order valence-electron chi connectivity index (χ3n) is 3.55. The lowest BCUT2D eigenvalue weighted by Crippen LogP contribution is -2.35. The molecule has 1 amide bonds. The van der Waals surface area contributed by atoms with E-state index in [9.17, 15) is 9.90 Å². The minimum absolute atomic E-state index is 0.164. The van der Waals surface area contributed by atoms with Gasteiger partial charge in [-0.15, -0.1) is 0 Å². The van der Waals surface area contributed by atoms with E-state index in [4.69, 9.17) is 0 Å². The van der Waals surface area contributed by atoms with E-state index in [-0.39, 0.29) is 5.91 Å². The third-order valence-corrected chi connectivity index (χ3v) is 3.55. The molecule has 1 heterocycles. The fraction of sp³-hybridized carbons (Fsp3) is 0.571. The Kier molecular flexibility index (Phi) is 4.31. The van der Waals surface area contributed by atoms with Gasteiger partial charge in [0.2, 0.25) is 0 Å². The lowest BCUT2D eigenvalue weighted by Gasteiger charge is -2.18. The van der Waals surface area contributed by atoms with Crippen molar-refractivity contribution in [2.24, 2.45) is 5.92 Å². The van der Waals surface area contributed by atoms with Gasteiger partial charge in [0, 0.05) is 18.9 Å². The Morgan fingerprint density at radius 3 is 2.89 bits per heavy atom. The highest BCUT2D eigenvalue weighted by molar-refractivity contribution is 5.93. The van der Waals surface area contributed by atoms with Gasteiger partial charge in [0.05, 0.1) is 11.7 Å². The van der Waals surface area contributed by atoms with Crippen molar-refractivity contribution in [3.8, 4) is 0 Å². The molecule has 1 aliphatic rings. The van der Waals surface area contributed by atoms with Crippen LogP contribution >= 0.6 is 0 Å². The van der Waals surface area contributed by atoms with E-state index in [1.54, 1.807) is 18.5 Å². The van der Waals surface area contributed by atoms with Gasteiger partial charge >= 0.3 is 0 Å². The minimum Gasteiger partial charge on any atom is -0.391 e. The molecule has 2 rings (SSSR count). The van der Waals surface area contributed by atoms with Gasteiger partial charge < -0.3 is 10.4 Å². The molecule has 0 radical (unpaired) electrons. The van der Waals surface area contributed by atoms with Gasteiger partial charge in [0.25, 0.3) is 5.91 Å². The highest BCUT2D eigenvalue weighted by Crippen LogP contribution is 2.27. The number of aliphatic hydroxyl groups is 1. The number of hydrogen-bond donors (Lipinski definition) is 2. The average molecular weight is 248 g/mol. The van der Waals surface area contributed by atoms with Crippen LogP contribution in [0.3, 0.4) is 0 Å². The fourth-order valence-electron chi connectivity index (χ4n) is 2.49. The van der Waals surface area contributed by atoms with Crippen molar-refractivity contribution in [1.82, 2.24) is 10.3 Å². The van der Waals surface area contributed by atoms with Crippen LogP contribution in [0.5, 0.6) is 0 Å². The predicted octanol–water partition coefficient (Wildman–Crippen LogP) is 1.67. The fourth-order valence-corrected chi connectivity index (χ4v) is 2.49. The molecule has 2 N–H and O–H groups in total. The highest BCUT2D eigenvalue weighted by atomic mass is 16.3. The number of hydrogen-bond acceptors (Lipinski definition) is 3. The first-order valence-electron chi connectivity index (χ1n) is 6.55. The van der Waals surface area contributed by atoms with Crippen molar-refractivity contribution in [2.75, 3.05) is 6.54 Å². The van der Waals surface area contributed by atoms with Crippen LogP contribution in [0.15, 0.2) is 18.5 Å². The molecule has 98 valence electrons. The lowest BCUT2D eigenvalue weighted by molar-refractivity contribution is 0.0840. The maximum atomic E-state index is 11.9. The molecule has 1 aromatic heterocycles. The zero-order chi connectivity index (χ0) is 13.0. The zero-order valence-electron chi connectivity index (χ0n) is 10.7. The molecule has 1 fully saturated rings. The molecular formula is C14H20N2O2. The molecule has 1 aromatic rings. The normalized spacial score (nSPS) is 17.7. The van der Waals surface area contributed by atoms with Crippen LogP contribution in [0.2, 0.25) is 0 Å². The molecule has 0 bridgehead atoms. The van der Waals surface area contributed by atoms with Crippen LogP contribution < -0.4 is 5.32 Å². The van der Waals surface area contributed by atoms with Crippen LogP contribution in [-0.4, -0.2) is 28.6 Å². The Morgan fingerprint density at radius 2 is 2.22 bits per heavy atom. The predicted molar refractivity (Wildman–Crippen MR) is 69.3 cm³/mol. The molecular weight excluding hydrogens is 228 g/mol. The lowest BCUT2D eigenvalue weighted by atomic mass is 10.0. The van der Waals surface area contributed by atoms with Gasteiger partial charge in [-0.25, -0.2) is 0 Å². The molecule has 1 aliphatic carbocycles. The quantitative estimate of drug-likeness (QED) is 0.852. The first-order valence-corrected chi connectivity index (χ1v) is 6.55. The first-order chi connectivity index (χ1) is 8.66. The molecule has 4 nitrogen and oxygen atoms in total. The van der Waals surface area contributed by atoms with Crippen molar-refractivity contribution >= 4 is 5.91 Å². The maximum absolute atomic E-state index is 11.9.